The van der Waals surface area contributed by atoms with Crippen LogP contribution in [0.2, 0.25) is 0 Å². The molecule has 3 rings (SSSR count). The summed E-state index contributed by atoms with van der Waals surface area (Å²) in [4.78, 5) is 30.7. The molecule has 0 radical (unpaired) electrons. The predicted molar refractivity (Wildman–Crippen MR) is 94.3 cm³/mol. The Balaban J connectivity index is 1.81. The lowest BCUT2D eigenvalue weighted by Crippen LogP contribution is -2.63. The number of aliphatic hydroxyl groups excluding tert-OH is 2. The van der Waals surface area contributed by atoms with E-state index in [-0.39, 0.29) is 30.2 Å². The summed E-state index contributed by atoms with van der Waals surface area (Å²) in [5.41, 5.74) is 0.00392. The number of aliphatic hydroxyl groups is 2. The summed E-state index contributed by atoms with van der Waals surface area (Å²) in [5.74, 6) is -2.20. The van der Waals surface area contributed by atoms with Crippen molar-refractivity contribution in [3.05, 3.63) is 32.1 Å². The molecule has 0 aromatic carbocycles. The number of thiazole rings is 1. The van der Waals surface area contributed by atoms with Crippen LogP contribution >= 0.6 is 23.1 Å². The van der Waals surface area contributed by atoms with Gasteiger partial charge < -0.3 is 20.2 Å². The van der Waals surface area contributed by atoms with Crippen molar-refractivity contribution in [1.82, 2.24) is 9.88 Å². The quantitative estimate of drug-likeness (QED) is 0.639. The van der Waals surface area contributed by atoms with Crippen LogP contribution < -0.4 is 0 Å². The highest BCUT2D eigenvalue weighted by molar-refractivity contribution is 8.06. The van der Waals surface area contributed by atoms with Crippen LogP contribution in [0.15, 0.2) is 22.2 Å². The molecule has 1 saturated heterocycles. The van der Waals surface area contributed by atoms with Crippen LogP contribution in [-0.4, -0.2) is 49.2 Å². The standard InChI is InChI=1S/C16H18N2O5S2/c1-7-12-11(8(2)20)15(21)18(12)13(16(22)23)14(7)24-4-3-10-17-5-9(6-19)25-10/h3-5,7-8,11-12,19-20H,6H2,1-2H3,(H,22,23)/b4-3-/t7-,8-,11-,12-/m1/s1. The first-order chi connectivity index (χ1) is 11.9. The Morgan fingerprint density at radius 1 is 1.56 bits per heavy atom. The molecule has 3 N–H and O–H groups in total. The number of fused-ring (bicyclic) bond motifs is 1. The zero-order valence-corrected chi connectivity index (χ0v) is 15.3. The van der Waals surface area contributed by atoms with Crippen molar-refractivity contribution in [3.63, 3.8) is 0 Å². The number of carbonyl (C=O) groups is 2. The van der Waals surface area contributed by atoms with Crippen molar-refractivity contribution in [2.24, 2.45) is 11.8 Å². The Kier molecular flexibility index (Phi) is 5.01. The third kappa shape index (κ3) is 3.01. The van der Waals surface area contributed by atoms with Gasteiger partial charge in [-0.3, -0.25) is 4.79 Å². The summed E-state index contributed by atoms with van der Waals surface area (Å²) in [6.45, 7) is 3.36. The molecule has 1 amide bonds. The molecule has 4 atom stereocenters. The molecular weight excluding hydrogens is 364 g/mol. The molecule has 0 saturated carbocycles. The van der Waals surface area contributed by atoms with E-state index < -0.39 is 18.0 Å². The largest absolute Gasteiger partial charge is 0.477 e. The Morgan fingerprint density at radius 2 is 2.28 bits per heavy atom. The molecule has 0 bridgehead atoms. The zero-order valence-electron chi connectivity index (χ0n) is 13.6. The number of hydrogen-bond acceptors (Lipinski definition) is 7. The van der Waals surface area contributed by atoms with Crippen molar-refractivity contribution in [3.8, 4) is 0 Å². The first-order valence-corrected chi connectivity index (χ1v) is 9.43. The minimum absolute atomic E-state index is 0.00392. The van der Waals surface area contributed by atoms with Gasteiger partial charge >= 0.3 is 5.97 Å². The second kappa shape index (κ2) is 6.91. The third-order valence-corrected chi connectivity index (χ3v) is 6.48. The number of rotatable bonds is 6. The Labute approximate surface area is 152 Å². The fraction of sp³-hybridized carbons (Fsp3) is 0.438. The monoisotopic (exact) mass is 382 g/mol. The van der Waals surface area contributed by atoms with Crippen LogP contribution in [0.5, 0.6) is 0 Å². The van der Waals surface area contributed by atoms with E-state index in [1.54, 1.807) is 24.6 Å². The molecule has 25 heavy (non-hydrogen) atoms. The maximum Gasteiger partial charge on any atom is 0.353 e. The van der Waals surface area contributed by atoms with Crippen LogP contribution in [-0.2, 0) is 16.2 Å². The summed E-state index contributed by atoms with van der Waals surface area (Å²) in [7, 11) is 0. The van der Waals surface area contributed by atoms with E-state index in [0.717, 1.165) is 4.88 Å². The van der Waals surface area contributed by atoms with Gasteiger partial charge in [-0.15, -0.1) is 11.3 Å². The molecule has 2 aliphatic rings. The van der Waals surface area contributed by atoms with Crippen molar-refractivity contribution < 1.29 is 24.9 Å². The molecule has 0 unspecified atom stereocenters. The first kappa shape index (κ1) is 18.1. The molecule has 3 heterocycles. The fourth-order valence-corrected chi connectivity index (χ4v) is 5.08. The van der Waals surface area contributed by atoms with E-state index >= 15 is 0 Å². The van der Waals surface area contributed by atoms with Gasteiger partial charge in [0.15, 0.2) is 0 Å². The van der Waals surface area contributed by atoms with Gasteiger partial charge in [0.25, 0.3) is 0 Å². The number of β-lactam (4-membered cyclic amide) rings is 1. The molecule has 9 heteroatoms. The molecule has 134 valence electrons. The maximum atomic E-state index is 12.2. The Morgan fingerprint density at radius 3 is 2.84 bits per heavy atom. The first-order valence-electron chi connectivity index (χ1n) is 7.74. The average Bonchev–Trinajstić information content (AvgIpc) is 3.09. The van der Waals surface area contributed by atoms with E-state index in [9.17, 15) is 19.8 Å². The predicted octanol–water partition coefficient (Wildman–Crippen LogP) is 1.49. The normalized spacial score (nSPS) is 27.0. The SMILES string of the molecule is C[C@@H](O)[C@H]1C(=O)N2C(C(=O)O)=C(S/C=C\c3ncc(CO)s3)[C@H](C)[C@H]12. The van der Waals surface area contributed by atoms with E-state index in [0.29, 0.717) is 9.91 Å². The van der Waals surface area contributed by atoms with Crippen molar-refractivity contribution in [1.29, 1.82) is 0 Å². The number of carboxylic acid groups (broad SMARTS) is 1. The zero-order chi connectivity index (χ0) is 18.3. The molecule has 0 spiro atoms. The summed E-state index contributed by atoms with van der Waals surface area (Å²) >= 11 is 2.60. The number of carboxylic acids is 1. The minimum Gasteiger partial charge on any atom is -0.477 e. The van der Waals surface area contributed by atoms with E-state index in [1.807, 2.05) is 6.92 Å². The average molecular weight is 382 g/mol. The third-order valence-electron chi connectivity index (χ3n) is 4.44. The summed E-state index contributed by atoms with van der Waals surface area (Å²) in [6.07, 6.45) is 2.53. The molecule has 1 aromatic heterocycles. The Hall–Kier alpha value is -1.68. The highest BCUT2D eigenvalue weighted by Gasteiger charge is 2.59. The van der Waals surface area contributed by atoms with Crippen LogP contribution in [0, 0.1) is 11.8 Å². The topological polar surface area (TPSA) is 111 Å². The number of hydrogen-bond donors (Lipinski definition) is 3. The number of aliphatic carboxylic acids is 1. The van der Waals surface area contributed by atoms with Crippen LogP contribution in [0.25, 0.3) is 6.08 Å². The molecule has 1 aromatic rings. The lowest BCUT2D eigenvalue weighted by Gasteiger charge is -2.46. The second-order valence-electron chi connectivity index (χ2n) is 6.02. The van der Waals surface area contributed by atoms with Crippen molar-refractivity contribution >= 4 is 41.1 Å². The number of thioether (sulfide) groups is 1. The van der Waals surface area contributed by atoms with Crippen LogP contribution in [0.1, 0.15) is 23.7 Å². The van der Waals surface area contributed by atoms with Gasteiger partial charge in [0, 0.05) is 17.0 Å². The van der Waals surface area contributed by atoms with E-state index in [4.69, 9.17) is 5.11 Å². The summed E-state index contributed by atoms with van der Waals surface area (Å²) in [5, 5.41) is 30.8. The van der Waals surface area contributed by atoms with Gasteiger partial charge in [-0.05, 0) is 18.4 Å². The second-order valence-corrected chi connectivity index (χ2v) is 8.11. The van der Waals surface area contributed by atoms with Crippen LogP contribution in [0.3, 0.4) is 0 Å². The minimum atomic E-state index is -1.14. The smallest absolute Gasteiger partial charge is 0.353 e. The molecule has 0 aliphatic carbocycles. The lowest BCUT2D eigenvalue weighted by molar-refractivity contribution is -0.163. The fourth-order valence-electron chi connectivity index (χ4n) is 3.32. The lowest BCUT2D eigenvalue weighted by atomic mass is 9.79. The number of nitrogens with zero attached hydrogens (tertiary/aromatic N) is 2. The van der Waals surface area contributed by atoms with Gasteiger partial charge in [0.2, 0.25) is 5.91 Å². The number of carbonyl (C=O) groups excluding carboxylic acids is 1. The molecule has 1 fully saturated rings. The Bertz CT molecular complexity index is 770. The number of aromatic nitrogens is 1. The van der Waals surface area contributed by atoms with Gasteiger partial charge in [-0.25, -0.2) is 9.78 Å². The molecule has 2 aliphatic heterocycles. The van der Waals surface area contributed by atoms with Gasteiger partial charge in [-0.1, -0.05) is 18.7 Å². The van der Waals surface area contributed by atoms with E-state index in [2.05, 4.69) is 4.98 Å². The summed E-state index contributed by atoms with van der Waals surface area (Å²) in [6, 6.07) is -0.310. The number of amides is 1. The molecular formula is C16H18N2O5S2. The van der Waals surface area contributed by atoms with Crippen LogP contribution in [0.4, 0.5) is 0 Å². The van der Waals surface area contributed by atoms with Gasteiger partial charge in [0.05, 0.1) is 29.5 Å². The molecule has 7 nitrogen and oxygen atoms in total. The van der Waals surface area contributed by atoms with E-state index in [1.165, 1.54) is 28.0 Å². The highest BCUT2D eigenvalue weighted by atomic mass is 32.2. The van der Waals surface area contributed by atoms with Gasteiger partial charge in [-0.2, -0.15) is 0 Å². The highest BCUT2D eigenvalue weighted by Crippen LogP contribution is 2.50. The van der Waals surface area contributed by atoms with Crippen molar-refractivity contribution in [2.45, 2.75) is 32.6 Å². The van der Waals surface area contributed by atoms with Crippen molar-refractivity contribution in [2.75, 3.05) is 0 Å². The maximum absolute atomic E-state index is 12.2. The van der Waals surface area contributed by atoms with Gasteiger partial charge in [0.1, 0.15) is 10.7 Å². The summed E-state index contributed by atoms with van der Waals surface area (Å²) < 4.78 is 0.